The van der Waals surface area contributed by atoms with Crippen molar-refractivity contribution in [1.82, 2.24) is 20.9 Å². The van der Waals surface area contributed by atoms with Gasteiger partial charge in [0.05, 0.1) is 24.4 Å². The van der Waals surface area contributed by atoms with Gasteiger partial charge in [-0.05, 0) is 30.4 Å². The fraction of sp³-hybridized carbons (Fsp3) is 0.286. The lowest BCUT2D eigenvalue weighted by Crippen LogP contribution is -2.45. The van der Waals surface area contributed by atoms with Crippen molar-refractivity contribution in [2.24, 2.45) is 0 Å². The van der Waals surface area contributed by atoms with Crippen LogP contribution in [-0.4, -0.2) is 46.6 Å². The highest BCUT2D eigenvalue weighted by Crippen LogP contribution is 2.10. The van der Waals surface area contributed by atoms with Crippen LogP contribution in [0.25, 0.3) is 0 Å². The van der Waals surface area contributed by atoms with Crippen molar-refractivity contribution in [3.05, 3.63) is 66.4 Å². The number of fused-ring (bicyclic) bond motifs is 2. The molecule has 0 fully saturated rings. The van der Waals surface area contributed by atoms with Crippen molar-refractivity contribution in [1.29, 1.82) is 0 Å². The molecule has 0 saturated carbocycles. The molecule has 0 aliphatic carbocycles. The van der Waals surface area contributed by atoms with E-state index in [0.717, 1.165) is 12.1 Å². The third-order valence-electron chi connectivity index (χ3n) is 4.20. The molecule has 0 radical (unpaired) electrons. The number of amides is 3. The Bertz CT molecular complexity index is 966. The van der Waals surface area contributed by atoms with Crippen LogP contribution in [0, 0.1) is 5.82 Å². The Kier molecular flexibility index (Phi) is 9.14. The zero-order chi connectivity index (χ0) is 23.7. The highest BCUT2D eigenvalue weighted by Gasteiger charge is 2.26. The molecule has 0 spiro atoms. The van der Waals surface area contributed by atoms with Gasteiger partial charge in [0.2, 0.25) is 5.91 Å². The maximum atomic E-state index is 14.1. The highest BCUT2D eigenvalue weighted by molar-refractivity contribution is 7.80. The Morgan fingerprint density at radius 3 is 2.69 bits per heavy atom. The second-order valence-corrected chi connectivity index (χ2v) is 7.10. The molecule has 2 bridgehead atoms. The molecular weight excluding hydrogens is 439 g/mol. The number of pyridine rings is 1. The number of carbonyl (C=O) groups is 4. The minimum Gasteiger partial charge on any atom is -0.456 e. The van der Waals surface area contributed by atoms with E-state index in [-0.39, 0.29) is 18.7 Å². The van der Waals surface area contributed by atoms with Gasteiger partial charge in [0, 0.05) is 0 Å². The second kappa shape index (κ2) is 11.8. The van der Waals surface area contributed by atoms with Crippen molar-refractivity contribution in [3.63, 3.8) is 0 Å². The van der Waals surface area contributed by atoms with Gasteiger partial charge in [-0.2, -0.15) is 12.6 Å². The first-order valence-corrected chi connectivity index (χ1v) is 10.2. The predicted molar refractivity (Wildman–Crippen MR) is 117 cm³/mol. The largest absolute Gasteiger partial charge is 0.456 e. The second-order valence-electron chi connectivity index (χ2n) is 6.65. The van der Waals surface area contributed by atoms with Gasteiger partial charge in [0.15, 0.2) is 11.5 Å². The number of nitrogens with one attached hydrogen (secondary N) is 3. The number of hydrogen-bond donors (Lipinski definition) is 4. The Balaban J connectivity index is 2.36. The van der Waals surface area contributed by atoms with Crippen LogP contribution < -0.4 is 16.0 Å². The minimum absolute atomic E-state index is 0.100. The molecule has 1 aliphatic rings. The van der Waals surface area contributed by atoms with E-state index in [4.69, 9.17) is 4.74 Å². The Hall–Kier alpha value is -3.47. The molecule has 170 valence electrons. The van der Waals surface area contributed by atoms with E-state index >= 15 is 0 Å². The van der Waals surface area contributed by atoms with Crippen LogP contribution >= 0.6 is 12.6 Å². The van der Waals surface area contributed by atoms with E-state index in [1.54, 1.807) is 12.2 Å². The van der Waals surface area contributed by atoms with Crippen LogP contribution in [0.4, 0.5) is 4.39 Å². The monoisotopic (exact) mass is 462 g/mol. The molecule has 0 saturated heterocycles. The minimum atomic E-state index is -1.29. The first kappa shape index (κ1) is 24.8. The van der Waals surface area contributed by atoms with E-state index in [1.165, 1.54) is 6.07 Å². The molecule has 2 atom stereocenters. The first-order chi connectivity index (χ1) is 15.2. The molecule has 3 amide bonds. The van der Waals surface area contributed by atoms with Crippen LogP contribution in [0.5, 0.6) is 0 Å². The lowest BCUT2D eigenvalue weighted by molar-refractivity contribution is -0.150. The van der Waals surface area contributed by atoms with Crippen molar-refractivity contribution in [3.8, 4) is 0 Å². The van der Waals surface area contributed by atoms with Crippen LogP contribution in [0.15, 0.2) is 49.2 Å². The molecule has 1 aromatic heterocycles. The topological polar surface area (TPSA) is 126 Å². The van der Waals surface area contributed by atoms with Gasteiger partial charge in [-0.15, -0.1) is 6.58 Å². The number of aromatic nitrogens is 1. The van der Waals surface area contributed by atoms with Gasteiger partial charge in [-0.1, -0.05) is 18.7 Å². The zero-order valence-corrected chi connectivity index (χ0v) is 18.0. The summed E-state index contributed by atoms with van der Waals surface area (Å²) >= 11 is 4.10. The number of nitrogens with zero attached hydrogens (tertiary/aromatic N) is 1. The quantitative estimate of drug-likeness (QED) is 0.228. The molecule has 0 unspecified atom stereocenters. The van der Waals surface area contributed by atoms with E-state index in [1.807, 2.05) is 0 Å². The molecule has 1 aromatic rings. The molecule has 2 rings (SSSR count). The highest BCUT2D eigenvalue weighted by atomic mass is 32.1. The van der Waals surface area contributed by atoms with Gasteiger partial charge in [-0.25, -0.2) is 14.2 Å². The van der Waals surface area contributed by atoms with Crippen LogP contribution in [-0.2, 0) is 25.7 Å². The van der Waals surface area contributed by atoms with Crippen LogP contribution in [0.1, 0.15) is 29.0 Å². The first-order valence-electron chi connectivity index (χ1n) is 9.59. The Morgan fingerprint density at radius 1 is 1.25 bits per heavy atom. The normalized spacial score (nSPS) is 20.9. The summed E-state index contributed by atoms with van der Waals surface area (Å²) < 4.78 is 19.4. The number of allylic oxidation sites excluding steroid dienone is 1. The SMILES string of the molecule is C=C[C@@H]1NC(=O)C(=C)NC(=O)c2nc(ccc2F)CNC(=O)C[C@@H](/C=C/CCS)OC1=O. The number of ether oxygens (including phenoxy) is 1. The van der Waals surface area contributed by atoms with Gasteiger partial charge < -0.3 is 20.7 Å². The number of esters is 1. The Morgan fingerprint density at radius 2 is 2.00 bits per heavy atom. The van der Waals surface area contributed by atoms with E-state index in [0.29, 0.717) is 12.2 Å². The molecule has 11 heteroatoms. The average Bonchev–Trinajstić information content (AvgIpc) is 2.75. The van der Waals surface area contributed by atoms with Gasteiger partial charge in [0.1, 0.15) is 12.1 Å². The van der Waals surface area contributed by atoms with E-state index in [9.17, 15) is 23.6 Å². The molecular formula is C21H23FN4O5S. The number of halogens is 1. The Labute approximate surface area is 189 Å². The number of cyclic esters (lactones) is 1. The summed E-state index contributed by atoms with van der Waals surface area (Å²) in [6.07, 6.45) is 3.83. The average molecular weight is 463 g/mol. The molecule has 1 aliphatic heterocycles. The zero-order valence-electron chi connectivity index (χ0n) is 17.1. The van der Waals surface area contributed by atoms with E-state index in [2.05, 4.69) is 46.7 Å². The van der Waals surface area contributed by atoms with E-state index < -0.39 is 53.0 Å². The maximum absolute atomic E-state index is 14.1. The molecule has 9 nitrogen and oxygen atoms in total. The summed E-state index contributed by atoms with van der Waals surface area (Å²) in [5.74, 6) is -3.64. The van der Waals surface area contributed by atoms with Crippen LogP contribution in [0.2, 0.25) is 0 Å². The summed E-state index contributed by atoms with van der Waals surface area (Å²) in [5.41, 5.74) is -0.810. The van der Waals surface area contributed by atoms with Crippen LogP contribution in [0.3, 0.4) is 0 Å². The number of hydrogen-bond acceptors (Lipinski definition) is 7. The van der Waals surface area contributed by atoms with Crippen molar-refractivity contribution in [2.45, 2.75) is 31.5 Å². The lowest BCUT2D eigenvalue weighted by Gasteiger charge is -2.20. The maximum Gasteiger partial charge on any atom is 0.333 e. The molecule has 3 N–H and O–H groups in total. The molecule has 0 aromatic carbocycles. The predicted octanol–water partition coefficient (Wildman–Crippen LogP) is 0.943. The summed E-state index contributed by atoms with van der Waals surface area (Å²) in [7, 11) is 0. The molecule has 32 heavy (non-hydrogen) atoms. The number of carbonyl (C=O) groups excluding carboxylic acids is 4. The van der Waals surface area contributed by atoms with Crippen molar-refractivity contribution < 1.29 is 28.3 Å². The standard InChI is InChI=1S/C21H23FN4O5S/c1-3-16-21(30)31-14(6-4-5-9-32)10-17(27)23-11-13-7-8-15(22)18(25-13)20(29)24-12(2)19(28)26-16/h3-4,6-8,14,16,32H,1-2,5,9-11H2,(H,23,27)(H,24,29)(H,26,28)/b6-4+/t14-,16+/m1/s1. The van der Waals surface area contributed by atoms with Gasteiger partial charge in [-0.3, -0.25) is 14.4 Å². The molecule has 2 heterocycles. The van der Waals surface area contributed by atoms with Crippen molar-refractivity contribution >= 4 is 36.3 Å². The summed E-state index contributed by atoms with van der Waals surface area (Å²) in [6, 6.07) is 1.04. The fourth-order valence-electron chi connectivity index (χ4n) is 2.57. The van der Waals surface area contributed by atoms with Crippen molar-refractivity contribution in [2.75, 3.05) is 5.75 Å². The number of rotatable bonds is 4. The van der Waals surface area contributed by atoms with Gasteiger partial charge in [0.25, 0.3) is 11.8 Å². The van der Waals surface area contributed by atoms with Gasteiger partial charge >= 0.3 is 5.97 Å². The third-order valence-corrected chi connectivity index (χ3v) is 4.46. The third kappa shape index (κ3) is 7.05. The summed E-state index contributed by atoms with van der Waals surface area (Å²) in [5, 5.41) is 7.00. The smallest absolute Gasteiger partial charge is 0.333 e. The lowest BCUT2D eigenvalue weighted by atomic mass is 10.2. The fourth-order valence-corrected chi connectivity index (χ4v) is 2.72. The number of thiol groups is 1. The summed E-state index contributed by atoms with van der Waals surface area (Å²) in [4.78, 5) is 53.4. The summed E-state index contributed by atoms with van der Waals surface area (Å²) in [6.45, 7) is 6.81.